The van der Waals surface area contributed by atoms with Crippen molar-refractivity contribution in [2.24, 2.45) is 0 Å². The highest BCUT2D eigenvalue weighted by Crippen LogP contribution is 2.42. The van der Waals surface area contributed by atoms with E-state index in [0.29, 0.717) is 0 Å². The Kier molecular flexibility index (Phi) is 8.87. The highest BCUT2D eigenvalue weighted by Gasteiger charge is 2.17. The predicted molar refractivity (Wildman–Crippen MR) is 257 cm³/mol. The molecule has 11 rings (SSSR count). The molecule has 0 aliphatic rings. The number of benzene rings is 11. The van der Waals surface area contributed by atoms with Gasteiger partial charge in [-0.25, -0.2) is 0 Å². The summed E-state index contributed by atoms with van der Waals surface area (Å²) in [5.74, 6) is 0. The Labute approximate surface area is 350 Å². The number of hydrogen-bond acceptors (Lipinski definition) is 2. The van der Waals surface area contributed by atoms with Gasteiger partial charge in [-0.1, -0.05) is 176 Å². The third kappa shape index (κ3) is 6.61. The summed E-state index contributed by atoms with van der Waals surface area (Å²) < 4.78 is 0. The monoisotopic (exact) mass is 764 g/mol. The van der Waals surface area contributed by atoms with Crippen LogP contribution >= 0.6 is 0 Å². The molecule has 11 aromatic carbocycles. The molecule has 0 aliphatic heterocycles. The Morgan fingerprint density at radius 3 is 0.967 bits per heavy atom. The lowest BCUT2D eigenvalue weighted by atomic mass is 9.99. The predicted octanol–water partition coefficient (Wildman–Crippen LogP) is 16.6. The summed E-state index contributed by atoms with van der Waals surface area (Å²) in [5.41, 5.74) is 11.5. The van der Waals surface area contributed by atoms with E-state index >= 15 is 0 Å². The minimum Gasteiger partial charge on any atom is -0.310 e. The number of rotatable bonds is 8. The van der Waals surface area contributed by atoms with Crippen LogP contribution in [0.2, 0.25) is 0 Å². The number of hydrogen-bond donors (Lipinski definition) is 0. The standard InChI is InChI=1S/C58H40N2/c1-4-14-49-38-54(35-28-41(49)10-1)59(55-36-29-42-11-2-5-15-50(42)39-55)52-31-24-46(25-32-52)44-20-22-45(23-21-44)47-26-33-53(34-27-47)60(56-37-30-43-12-3-6-16-51(43)40-56)58-19-9-17-48-13-7-8-18-57(48)58/h1-40H. The zero-order valence-corrected chi connectivity index (χ0v) is 33.0. The minimum atomic E-state index is 1.11. The van der Waals surface area contributed by atoms with Crippen LogP contribution in [0.5, 0.6) is 0 Å². The second-order valence-corrected chi connectivity index (χ2v) is 15.4. The van der Waals surface area contributed by atoms with E-state index in [2.05, 4.69) is 252 Å². The summed E-state index contributed by atoms with van der Waals surface area (Å²) in [6.07, 6.45) is 0. The molecule has 0 heterocycles. The van der Waals surface area contributed by atoms with Crippen molar-refractivity contribution < 1.29 is 0 Å². The minimum absolute atomic E-state index is 1.11. The molecule has 0 aromatic heterocycles. The lowest BCUT2D eigenvalue weighted by molar-refractivity contribution is 1.29. The van der Waals surface area contributed by atoms with Gasteiger partial charge in [0, 0.05) is 33.8 Å². The van der Waals surface area contributed by atoms with Gasteiger partial charge in [-0.05, 0) is 127 Å². The normalized spacial score (nSPS) is 11.3. The van der Waals surface area contributed by atoms with Crippen LogP contribution in [0.15, 0.2) is 243 Å². The fraction of sp³-hybridized carbons (Fsp3) is 0. The summed E-state index contributed by atoms with van der Waals surface area (Å²) in [6, 6.07) is 88.0. The highest BCUT2D eigenvalue weighted by atomic mass is 15.1. The zero-order chi connectivity index (χ0) is 39.8. The Balaban J connectivity index is 0.898. The van der Waals surface area contributed by atoms with Crippen LogP contribution in [-0.2, 0) is 0 Å². The molecule has 0 radical (unpaired) electrons. The van der Waals surface area contributed by atoms with Gasteiger partial charge in [0.15, 0.2) is 0 Å². The van der Waals surface area contributed by atoms with E-state index in [1.165, 1.54) is 65.3 Å². The molecule has 2 heteroatoms. The summed E-state index contributed by atoms with van der Waals surface area (Å²) in [4.78, 5) is 4.74. The van der Waals surface area contributed by atoms with Crippen molar-refractivity contribution >= 4 is 77.2 Å². The largest absolute Gasteiger partial charge is 0.310 e. The molecule has 0 saturated carbocycles. The molecule has 0 spiro atoms. The third-order valence-electron chi connectivity index (χ3n) is 11.8. The maximum atomic E-state index is 2.38. The van der Waals surface area contributed by atoms with Crippen molar-refractivity contribution in [3.63, 3.8) is 0 Å². The second-order valence-electron chi connectivity index (χ2n) is 15.4. The van der Waals surface area contributed by atoms with Gasteiger partial charge in [0.2, 0.25) is 0 Å². The Morgan fingerprint density at radius 2 is 0.517 bits per heavy atom. The SMILES string of the molecule is c1ccc2cc(N(c3ccc(-c4ccc(-c5ccc(N(c6ccc7ccccc7c6)c6cccc7ccccc67)cc5)cc4)cc3)c3ccc4ccccc4c3)ccc2c1. The van der Waals surface area contributed by atoms with Gasteiger partial charge in [-0.15, -0.1) is 0 Å². The topological polar surface area (TPSA) is 6.48 Å². The molecule has 0 amide bonds. The third-order valence-corrected chi connectivity index (χ3v) is 11.8. The average Bonchev–Trinajstić information content (AvgIpc) is 3.32. The van der Waals surface area contributed by atoms with Crippen LogP contribution < -0.4 is 9.80 Å². The summed E-state index contributed by atoms with van der Waals surface area (Å²) in [7, 11) is 0. The lowest BCUT2D eigenvalue weighted by Gasteiger charge is -2.27. The van der Waals surface area contributed by atoms with Gasteiger partial charge >= 0.3 is 0 Å². The first-order chi connectivity index (χ1) is 29.7. The van der Waals surface area contributed by atoms with Gasteiger partial charge in [0.05, 0.1) is 5.69 Å². The van der Waals surface area contributed by atoms with Crippen LogP contribution in [0.3, 0.4) is 0 Å². The summed E-state index contributed by atoms with van der Waals surface area (Å²) in [6.45, 7) is 0. The molecular weight excluding hydrogens is 725 g/mol. The first kappa shape index (κ1) is 35.2. The summed E-state index contributed by atoms with van der Waals surface area (Å²) in [5, 5.41) is 9.81. The van der Waals surface area contributed by atoms with E-state index in [9.17, 15) is 0 Å². The number of fused-ring (bicyclic) bond motifs is 4. The van der Waals surface area contributed by atoms with Gasteiger partial charge in [-0.3, -0.25) is 0 Å². The van der Waals surface area contributed by atoms with E-state index in [1.54, 1.807) is 0 Å². The van der Waals surface area contributed by atoms with Gasteiger partial charge in [-0.2, -0.15) is 0 Å². The molecule has 0 saturated heterocycles. The van der Waals surface area contributed by atoms with Crippen molar-refractivity contribution in [2.75, 3.05) is 9.80 Å². The van der Waals surface area contributed by atoms with Crippen LogP contribution in [0.4, 0.5) is 34.1 Å². The smallest absolute Gasteiger partial charge is 0.0540 e. The van der Waals surface area contributed by atoms with Gasteiger partial charge in [0.25, 0.3) is 0 Å². The molecule has 0 bridgehead atoms. The Bertz CT molecular complexity index is 3230. The van der Waals surface area contributed by atoms with Crippen molar-refractivity contribution in [2.45, 2.75) is 0 Å². The lowest BCUT2D eigenvalue weighted by Crippen LogP contribution is -2.10. The first-order valence-electron chi connectivity index (χ1n) is 20.6. The van der Waals surface area contributed by atoms with E-state index in [1.807, 2.05) is 0 Å². The number of anilines is 6. The van der Waals surface area contributed by atoms with Crippen LogP contribution in [0.1, 0.15) is 0 Å². The quantitative estimate of drug-likeness (QED) is 0.152. The fourth-order valence-corrected chi connectivity index (χ4v) is 8.69. The van der Waals surface area contributed by atoms with Crippen LogP contribution in [0.25, 0.3) is 65.3 Å². The maximum absolute atomic E-state index is 2.38. The zero-order valence-electron chi connectivity index (χ0n) is 33.0. The molecule has 11 aromatic rings. The molecule has 282 valence electrons. The molecule has 0 atom stereocenters. The number of nitrogens with zero attached hydrogens (tertiary/aromatic N) is 2. The van der Waals surface area contributed by atoms with Crippen LogP contribution in [0, 0.1) is 0 Å². The second kappa shape index (κ2) is 15.1. The molecule has 60 heavy (non-hydrogen) atoms. The molecule has 0 unspecified atom stereocenters. The van der Waals surface area contributed by atoms with Gasteiger partial charge in [0.1, 0.15) is 0 Å². The molecule has 2 nitrogen and oxygen atoms in total. The highest BCUT2D eigenvalue weighted by molar-refractivity contribution is 6.00. The van der Waals surface area contributed by atoms with Crippen molar-refractivity contribution in [1.29, 1.82) is 0 Å². The van der Waals surface area contributed by atoms with Crippen molar-refractivity contribution in [3.8, 4) is 22.3 Å². The van der Waals surface area contributed by atoms with E-state index in [-0.39, 0.29) is 0 Å². The molecular formula is C58H40N2. The molecule has 0 fully saturated rings. The van der Waals surface area contributed by atoms with Crippen LogP contribution in [-0.4, -0.2) is 0 Å². The molecule has 0 N–H and O–H groups in total. The molecule has 0 aliphatic carbocycles. The van der Waals surface area contributed by atoms with E-state index in [0.717, 1.165) is 34.1 Å². The van der Waals surface area contributed by atoms with Crippen molar-refractivity contribution in [1.82, 2.24) is 0 Å². The maximum Gasteiger partial charge on any atom is 0.0540 e. The summed E-state index contributed by atoms with van der Waals surface area (Å²) >= 11 is 0. The van der Waals surface area contributed by atoms with Gasteiger partial charge < -0.3 is 9.80 Å². The Hall–Kier alpha value is -7.94. The fourth-order valence-electron chi connectivity index (χ4n) is 8.69. The first-order valence-corrected chi connectivity index (χ1v) is 20.6. The Morgan fingerprint density at radius 1 is 0.200 bits per heavy atom. The van der Waals surface area contributed by atoms with E-state index in [4.69, 9.17) is 0 Å². The van der Waals surface area contributed by atoms with E-state index < -0.39 is 0 Å². The average molecular weight is 765 g/mol. The van der Waals surface area contributed by atoms with Crippen molar-refractivity contribution in [3.05, 3.63) is 243 Å².